The molecule has 0 saturated carbocycles. The first kappa shape index (κ1) is 94.0. The third kappa shape index (κ3) is 43.1. The molecule has 0 aromatic heterocycles. The van der Waals surface area contributed by atoms with E-state index in [1.807, 2.05) is 6.08 Å². The zero-order valence-electron chi connectivity index (χ0n) is 64.1. The van der Waals surface area contributed by atoms with Crippen LogP contribution in [0.5, 0.6) is 0 Å². The number of carbonyl (C=O) groups is 1. The number of aliphatic hydroxyl groups is 11. The fraction of sp³-hybridized carbons (Fsp3) is 0.892. The molecule has 598 valence electrons. The number of hydrogen-bond acceptors (Lipinski definition) is 18. The number of nitrogens with one attached hydrogen (secondary N) is 1. The first-order valence-electron chi connectivity index (χ1n) is 41.9. The molecule has 19 nitrogen and oxygen atoms in total. The van der Waals surface area contributed by atoms with Crippen LogP contribution in [0.15, 0.2) is 48.6 Å². The van der Waals surface area contributed by atoms with E-state index in [1.165, 1.54) is 257 Å². The largest absolute Gasteiger partial charge is 0.394 e. The number of carbonyl (C=O) groups excluding carboxylic acids is 1. The Morgan fingerprint density at radius 3 is 1.01 bits per heavy atom. The molecule has 17 unspecified atom stereocenters. The van der Waals surface area contributed by atoms with Gasteiger partial charge in [-0.05, 0) is 57.8 Å². The molecule has 0 aromatic carbocycles. The van der Waals surface area contributed by atoms with Gasteiger partial charge in [0.25, 0.3) is 0 Å². The number of allylic oxidation sites excluding steroid dienone is 7. The van der Waals surface area contributed by atoms with E-state index in [9.17, 15) is 61.0 Å². The molecule has 12 N–H and O–H groups in total. The summed E-state index contributed by atoms with van der Waals surface area (Å²) in [5, 5.41) is 121. The summed E-state index contributed by atoms with van der Waals surface area (Å²) >= 11 is 0. The summed E-state index contributed by atoms with van der Waals surface area (Å²) in [4.78, 5) is 13.5. The summed E-state index contributed by atoms with van der Waals surface area (Å²) in [6.45, 7) is 1.78. The van der Waals surface area contributed by atoms with Crippen LogP contribution in [0.1, 0.15) is 341 Å². The first-order chi connectivity index (χ1) is 49.8. The zero-order valence-corrected chi connectivity index (χ0v) is 64.1. The average molecular weight is 1450 g/mol. The lowest BCUT2D eigenvalue weighted by Gasteiger charge is -2.48. The molecule has 19 heteroatoms. The molecule has 0 bridgehead atoms. The van der Waals surface area contributed by atoms with Crippen LogP contribution < -0.4 is 5.32 Å². The molecule has 3 saturated heterocycles. The quantitative estimate of drug-likeness (QED) is 0.0199. The van der Waals surface area contributed by atoms with E-state index >= 15 is 0 Å². The Balaban J connectivity index is 1.35. The van der Waals surface area contributed by atoms with Crippen molar-refractivity contribution in [3.05, 3.63) is 48.6 Å². The molecule has 3 aliphatic heterocycles. The smallest absolute Gasteiger partial charge is 0.220 e. The van der Waals surface area contributed by atoms with Gasteiger partial charge in [0.15, 0.2) is 18.9 Å². The molecule has 0 aromatic rings. The minimum absolute atomic E-state index is 0.245. The number of amides is 1. The number of hydrogen-bond donors (Lipinski definition) is 12. The molecule has 3 fully saturated rings. The molecule has 17 atom stereocenters. The summed E-state index contributed by atoms with van der Waals surface area (Å²) in [5.41, 5.74) is 0. The van der Waals surface area contributed by atoms with Gasteiger partial charge in [-0.15, -0.1) is 0 Å². The molecule has 3 heterocycles. The SMILES string of the molecule is CCCCCCC/C=C\C/C=C\C/C=C\CCCCCCCCCCCCCCCCCCCCC(=O)NC(COC1OC(CO)C(OC2OC(CO)C(OC3OC(CO)C(O)C(O)C3O)C(O)C2O)C(O)C1O)C(O)/C=C/CCCCCCCCCCCCCCCCCCCCCCCC. The van der Waals surface area contributed by atoms with E-state index in [0.717, 1.165) is 57.8 Å². The van der Waals surface area contributed by atoms with Crippen molar-refractivity contribution < 1.29 is 89.4 Å². The van der Waals surface area contributed by atoms with Gasteiger partial charge in [-0.3, -0.25) is 4.79 Å². The van der Waals surface area contributed by atoms with E-state index < -0.39 is 124 Å². The van der Waals surface area contributed by atoms with Gasteiger partial charge in [0.05, 0.1) is 38.6 Å². The normalized spacial score (nSPS) is 26.4. The zero-order chi connectivity index (χ0) is 73.9. The Morgan fingerprint density at radius 2 is 0.647 bits per heavy atom. The number of rotatable bonds is 67. The predicted octanol–water partition coefficient (Wildman–Crippen LogP) is 14.5. The third-order valence-electron chi connectivity index (χ3n) is 20.9. The minimum atomic E-state index is -1.98. The van der Waals surface area contributed by atoms with Crippen molar-refractivity contribution in [3.63, 3.8) is 0 Å². The standard InChI is InChI=1S/C83H153NO18/c1-3-5-7-9-11-13-15-17-19-21-23-25-27-29-30-31-32-33-34-35-36-37-39-41-43-45-47-49-51-53-55-57-59-61-71(89)84-66(67(88)60-58-56-54-52-50-48-46-44-42-40-38-28-26-24-22-20-18-16-14-12-10-8-6-4-2)65-97-81-77(95)74(92)79(69(63-86)99-81)102-83-78(96)75(93)80(70(64-87)100-83)101-82-76(94)73(91)72(90)68(62-85)98-82/h15,17,21,23,27,29,58,60,66-70,72-83,85-88,90-96H,3-14,16,18-20,22,24-26,28,30-57,59,61-65H2,1-2H3,(H,84,89)/b17-15-,23-21-,29-27-,60-58+. The Bertz CT molecular complexity index is 2030. The van der Waals surface area contributed by atoms with E-state index in [4.69, 9.17) is 28.4 Å². The molecule has 0 spiro atoms. The van der Waals surface area contributed by atoms with Gasteiger partial charge < -0.3 is 89.9 Å². The van der Waals surface area contributed by atoms with Gasteiger partial charge in [0.1, 0.15) is 73.2 Å². The van der Waals surface area contributed by atoms with Crippen molar-refractivity contribution in [1.29, 1.82) is 0 Å². The summed E-state index contributed by atoms with van der Waals surface area (Å²) < 4.78 is 34.5. The van der Waals surface area contributed by atoms with Crippen molar-refractivity contribution >= 4 is 5.91 Å². The topological polar surface area (TPSA) is 307 Å². The first-order valence-corrected chi connectivity index (χ1v) is 41.9. The summed E-state index contributed by atoms with van der Waals surface area (Å²) in [6.07, 6.45) is 53.8. The monoisotopic (exact) mass is 1450 g/mol. The third-order valence-corrected chi connectivity index (χ3v) is 20.9. The Morgan fingerprint density at radius 1 is 0.353 bits per heavy atom. The van der Waals surface area contributed by atoms with E-state index in [-0.39, 0.29) is 18.9 Å². The maximum Gasteiger partial charge on any atom is 0.220 e. The van der Waals surface area contributed by atoms with Crippen LogP contribution in [0.3, 0.4) is 0 Å². The van der Waals surface area contributed by atoms with Crippen LogP contribution in [-0.4, -0.2) is 193 Å². The highest BCUT2D eigenvalue weighted by atomic mass is 16.8. The lowest BCUT2D eigenvalue weighted by molar-refractivity contribution is -0.379. The van der Waals surface area contributed by atoms with Gasteiger partial charge in [-0.25, -0.2) is 0 Å². The molecule has 0 aliphatic carbocycles. The van der Waals surface area contributed by atoms with E-state index in [2.05, 4.69) is 55.6 Å². The molecule has 1 amide bonds. The van der Waals surface area contributed by atoms with E-state index in [0.29, 0.717) is 6.42 Å². The van der Waals surface area contributed by atoms with Crippen molar-refractivity contribution in [1.82, 2.24) is 5.32 Å². The molecule has 0 radical (unpaired) electrons. The fourth-order valence-electron chi connectivity index (χ4n) is 14.1. The molecule has 102 heavy (non-hydrogen) atoms. The van der Waals surface area contributed by atoms with Gasteiger partial charge >= 0.3 is 0 Å². The Hall–Kier alpha value is -2.25. The highest BCUT2D eigenvalue weighted by Gasteiger charge is 2.54. The highest BCUT2D eigenvalue weighted by molar-refractivity contribution is 5.76. The molecule has 3 rings (SSSR count). The second-order valence-corrected chi connectivity index (χ2v) is 29.9. The summed E-state index contributed by atoms with van der Waals surface area (Å²) in [6, 6.07) is -0.975. The van der Waals surface area contributed by atoms with Gasteiger partial charge in [-0.1, -0.05) is 326 Å². The Kier molecular flexibility index (Phi) is 58.6. The Labute approximate surface area is 618 Å². The second-order valence-electron chi connectivity index (χ2n) is 29.9. The van der Waals surface area contributed by atoms with Crippen LogP contribution in [0, 0.1) is 0 Å². The van der Waals surface area contributed by atoms with Crippen LogP contribution >= 0.6 is 0 Å². The van der Waals surface area contributed by atoms with Crippen molar-refractivity contribution in [2.75, 3.05) is 26.4 Å². The van der Waals surface area contributed by atoms with Gasteiger partial charge in [-0.2, -0.15) is 0 Å². The number of aliphatic hydroxyl groups excluding tert-OH is 11. The highest BCUT2D eigenvalue weighted by Crippen LogP contribution is 2.33. The number of ether oxygens (including phenoxy) is 6. The maximum atomic E-state index is 13.5. The number of unbranched alkanes of at least 4 members (excludes halogenated alkanes) is 45. The van der Waals surface area contributed by atoms with Crippen LogP contribution in [-0.2, 0) is 33.2 Å². The van der Waals surface area contributed by atoms with Crippen LogP contribution in [0.2, 0.25) is 0 Å². The van der Waals surface area contributed by atoms with Crippen LogP contribution in [0.25, 0.3) is 0 Å². The minimum Gasteiger partial charge on any atom is -0.394 e. The molecule has 3 aliphatic rings. The summed E-state index contributed by atoms with van der Waals surface area (Å²) in [7, 11) is 0. The van der Waals surface area contributed by atoms with Crippen molar-refractivity contribution in [2.45, 2.75) is 446 Å². The molecular weight excluding hydrogens is 1300 g/mol. The van der Waals surface area contributed by atoms with Crippen molar-refractivity contribution in [2.24, 2.45) is 0 Å². The maximum absolute atomic E-state index is 13.5. The van der Waals surface area contributed by atoms with E-state index in [1.54, 1.807) is 6.08 Å². The van der Waals surface area contributed by atoms with Gasteiger partial charge in [0.2, 0.25) is 5.91 Å². The lowest BCUT2D eigenvalue weighted by atomic mass is 9.96. The van der Waals surface area contributed by atoms with Gasteiger partial charge in [0, 0.05) is 6.42 Å². The van der Waals surface area contributed by atoms with Crippen molar-refractivity contribution in [3.8, 4) is 0 Å². The summed E-state index contributed by atoms with van der Waals surface area (Å²) in [5.74, 6) is -0.270. The fourth-order valence-corrected chi connectivity index (χ4v) is 14.1. The molecular formula is C83H153NO18. The predicted molar refractivity (Wildman–Crippen MR) is 406 cm³/mol. The average Bonchev–Trinajstić information content (AvgIpc) is 0.781. The lowest BCUT2D eigenvalue weighted by Crippen LogP contribution is -2.66. The van der Waals surface area contributed by atoms with Crippen LogP contribution in [0.4, 0.5) is 0 Å². The second kappa shape index (κ2) is 63.7.